The molecule has 3 rings (SSSR count). The first-order valence-electron chi connectivity index (χ1n) is 6.37. The van der Waals surface area contributed by atoms with Gasteiger partial charge >= 0.3 is 0 Å². The molecular weight excluding hydrogens is 236 g/mol. The number of hydrogen-bond donors (Lipinski definition) is 2. The number of nitrogens with one attached hydrogen (secondary N) is 1. The Kier molecular flexibility index (Phi) is 2.56. The molecule has 0 amide bonds. The van der Waals surface area contributed by atoms with Crippen molar-refractivity contribution in [3.8, 4) is 11.3 Å². The smallest absolute Gasteiger partial charge is 0.137 e. The van der Waals surface area contributed by atoms with E-state index >= 15 is 0 Å². The number of nitrogens with two attached hydrogens (primary N) is 1. The second-order valence-corrected chi connectivity index (χ2v) is 5.14. The molecule has 96 valence electrons. The van der Waals surface area contributed by atoms with Gasteiger partial charge in [-0.3, -0.25) is 0 Å². The van der Waals surface area contributed by atoms with Crippen molar-refractivity contribution in [1.82, 2.24) is 0 Å². The quantitative estimate of drug-likeness (QED) is 0.512. The highest BCUT2D eigenvalue weighted by Crippen LogP contribution is 2.37. The average molecular weight is 252 g/mol. The fourth-order valence-corrected chi connectivity index (χ4v) is 2.56. The highest BCUT2D eigenvalue weighted by molar-refractivity contribution is 5.90. The van der Waals surface area contributed by atoms with Crippen LogP contribution < -0.4 is 11.1 Å². The molecule has 2 aliphatic rings. The Balaban J connectivity index is 2.53. The maximum absolute atomic E-state index is 7.72. The van der Waals surface area contributed by atoms with Gasteiger partial charge in [-0.05, 0) is 35.7 Å². The predicted octanol–water partition coefficient (Wildman–Crippen LogP) is 3.72. The maximum atomic E-state index is 7.72. The fraction of sp³-hybridized carbons (Fsp3) is 0.188. The Morgan fingerprint density at radius 3 is 2.63 bits per heavy atom. The van der Waals surface area contributed by atoms with E-state index in [0.717, 1.165) is 22.3 Å². The van der Waals surface area contributed by atoms with Crippen LogP contribution in [0.5, 0.6) is 0 Å². The molecule has 0 radical (unpaired) electrons. The fourth-order valence-electron chi connectivity index (χ4n) is 2.56. The zero-order valence-corrected chi connectivity index (χ0v) is 11.0. The largest absolute Gasteiger partial charge is 0.456 e. The summed E-state index contributed by atoms with van der Waals surface area (Å²) in [6, 6.07) is 11.3. The van der Waals surface area contributed by atoms with Crippen LogP contribution in [0.15, 0.2) is 40.8 Å². The van der Waals surface area contributed by atoms with Crippen molar-refractivity contribution in [2.75, 3.05) is 5.73 Å². The van der Waals surface area contributed by atoms with Gasteiger partial charge in [0.15, 0.2) is 0 Å². The molecular formula is C16H16N2O. The summed E-state index contributed by atoms with van der Waals surface area (Å²) in [4.78, 5) is 0. The van der Waals surface area contributed by atoms with Gasteiger partial charge in [-0.25, -0.2) is 0 Å². The Hall–Kier alpha value is -2.29. The number of rotatable bonds is 1. The topological polar surface area (TPSA) is 63.0 Å². The molecule has 0 atom stereocenters. The third kappa shape index (κ3) is 1.87. The summed E-state index contributed by atoms with van der Waals surface area (Å²) in [6.07, 6.45) is 0. The first-order chi connectivity index (χ1) is 9.06. The molecule has 1 aliphatic heterocycles. The van der Waals surface area contributed by atoms with E-state index in [0.29, 0.717) is 17.0 Å². The van der Waals surface area contributed by atoms with Crippen LogP contribution in [0.1, 0.15) is 25.3 Å². The normalized spacial score (nSPS) is 11.5. The molecule has 0 aromatic heterocycles. The first-order valence-corrected chi connectivity index (χ1v) is 6.37. The Labute approximate surface area is 111 Å². The van der Waals surface area contributed by atoms with E-state index < -0.39 is 0 Å². The van der Waals surface area contributed by atoms with Crippen LogP contribution in [0.4, 0.5) is 5.69 Å². The van der Waals surface area contributed by atoms with Crippen molar-refractivity contribution >= 4 is 16.7 Å². The number of fused-ring (bicyclic) bond motifs is 2. The van der Waals surface area contributed by atoms with Gasteiger partial charge in [0, 0.05) is 28.8 Å². The molecule has 0 unspecified atom stereocenters. The molecule has 1 aliphatic carbocycles. The van der Waals surface area contributed by atoms with Gasteiger partial charge in [0.2, 0.25) is 0 Å². The molecule has 1 aromatic rings. The van der Waals surface area contributed by atoms with E-state index in [-0.39, 0.29) is 0 Å². The van der Waals surface area contributed by atoms with Crippen molar-refractivity contribution in [2.45, 2.75) is 19.8 Å². The number of benzene rings is 2. The summed E-state index contributed by atoms with van der Waals surface area (Å²) in [7, 11) is 0. The van der Waals surface area contributed by atoms with Crippen LogP contribution in [0.25, 0.3) is 22.3 Å². The maximum Gasteiger partial charge on any atom is 0.137 e. The molecule has 1 aromatic carbocycles. The Bertz CT molecular complexity index is 787. The van der Waals surface area contributed by atoms with Gasteiger partial charge in [-0.2, -0.15) is 0 Å². The molecule has 3 heteroatoms. The Morgan fingerprint density at radius 1 is 1.11 bits per heavy atom. The van der Waals surface area contributed by atoms with Crippen LogP contribution in [0, 0.1) is 5.41 Å². The van der Waals surface area contributed by atoms with E-state index in [4.69, 9.17) is 15.6 Å². The van der Waals surface area contributed by atoms with Crippen LogP contribution in [0.3, 0.4) is 0 Å². The lowest BCUT2D eigenvalue weighted by molar-refractivity contribution is 0.614. The minimum atomic E-state index is 0.376. The lowest BCUT2D eigenvalue weighted by Crippen LogP contribution is -2.02. The average Bonchev–Trinajstić information content (AvgIpc) is 2.35. The third-order valence-electron chi connectivity index (χ3n) is 3.36. The van der Waals surface area contributed by atoms with E-state index in [9.17, 15) is 0 Å². The summed E-state index contributed by atoms with van der Waals surface area (Å²) in [5.41, 5.74) is 9.61. The number of nitrogen functional groups attached to an aromatic ring is 1. The lowest BCUT2D eigenvalue weighted by atomic mass is 9.91. The third-order valence-corrected chi connectivity index (χ3v) is 3.36. The van der Waals surface area contributed by atoms with Crippen molar-refractivity contribution in [3.63, 3.8) is 0 Å². The second kappa shape index (κ2) is 4.12. The summed E-state index contributed by atoms with van der Waals surface area (Å²) >= 11 is 0. The van der Waals surface area contributed by atoms with Crippen LogP contribution in [0.2, 0.25) is 0 Å². The zero-order valence-electron chi connectivity index (χ0n) is 11.0. The standard InChI is InChI=1S/C16H16N2O/c1-9(2)16-12-5-3-10(17)7-14(12)19-15-8-11(18)4-6-13(15)16/h3-9,17H,18H2,1-2H3. The van der Waals surface area contributed by atoms with Crippen LogP contribution in [-0.2, 0) is 0 Å². The number of hydrogen-bond acceptors (Lipinski definition) is 3. The molecule has 19 heavy (non-hydrogen) atoms. The van der Waals surface area contributed by atoms with Gasteiger partial charge < -0.3 is 15.6 Å². The SMILES string of the molecule is CC(C)c1c2ccc(=N)cc-2oc2cc(N)ccc12. The van der Waals surface area contributed by atoms with Crippen LogP contribution in [-0.4, -0.2) is 0 Å². The van der Waals surface area contributed by atoms with Gasteiger partial charge in [0.1, 0.15) is 11.3 Å². The summed E-state index contributed by atoms with van der Waals surface area (Å²) in [6.45, 7) is 4.33. The molecule has 0 fully saturated rings. The van der Waals surface area contributed by atoms with Gasteiger partial charge in [-0.1, -0.05) is 13.8 Å². The summed E-state index contributed by atoms with van der Waals surface area (Å²) < 4.78 is 5.90. The van der Waals surface area contributed by atoms with Crippen LogP contribution >= 0.6 is 0 Å². The van der Waals surface area contributed by atoms with Gasteiger partial charge in [0.25, 0.3) is 0 Å². The molecule has 3 nitrogen and oxygen atoms in total. The molecule has 0 bridgehead atoms. The summed E-state index contributed by atoms with van der Waals surface area (Å²) in [5.74, 6) is 1.12. The minimum absolute atomic E-state index is 0.376. The zero-order chi connectivity index (χ0) is 13.6. The molecule has 0 saturated carbocycles. The highest BCUT2D eigenvalue weighted by Gasteiger charge is 2.17. The van der Waals surface area contributed by atoms with Gasteiger partial charge in [0.05, 0.1) is 5.36 Å². The molecule has 3 N–H and O–H groups in total. The molecule has 1 heterocycles. The number of anilines is 1. The van der Waals surface area contributed by atoms with E-state index in [2.05, 4.69) is 13.8 Å². The predicted molar refractivity (Wildman–Crippen MR) is 77.2 cm³/mol. The van der Waals surface area contributed by atoms with Gasteiger partial charge in [-0.15, -0.1) is 0 Å². The summed E-state index contributed by atoms with van der Waals surface area (Å²) in [5, 5.41) is 9.27. The molecule has 0 spiro atoms. The first kappa shape index (κ1) is 11.8. The van der Waals surface area contributed by atoms with Crippen molar-refractivity contribution in [3.05, 3.63) is 47.3 Å². The van der Waals surface area contributed by atoms with E-state index in [1.54, 1.807) is 12.1 Å². The lowest BCUT2D eigenvalue weighted by Gasteiger charge is -2.17. The van der Waals surface area contributed by atoms with Crippen molar-refractivity contribution in [1.29, 1.82) is 5.41 Å². The highest BCUT2D eigenvalue weighted by atomic mass is 16.3. The minimum Gasteiger partial charge on any atom is -0.456 e. The second-order valence-electron chi connectivity index (χ2n) is 5.14. The van der Waals surface area contributed by atoms with Crippen molar-refractivity contribution in [2.24, 2.45) is 0 Å². The molecule has 0 saturated heterocycles. The van der Waals surface area contributed by atoms with Crippen molar-refractivity contribution < 1.29 is 4.42 Å². The van der Waals surface area contributed by atoms with E-state index in [1.165, 1.54) is 5.56 Å². The Morgan fingerprint density at radius 2 is 1.89 bits per heavy atom. The monoisotopic (exact) mass is 252 g/mol. The van der Waals surface area contributed by atoms with E-state index in [1.807, 2.05) is 24.3 Å².